The third-order valence-corrected chi connectivity index (χ3v) is 1.87. The van der Waals surface area contributed by atoms with E-state index in [1.165, 1.54) is 0 Å². The van der Waals surface area contributed by atoms with Gasteiger partial charge >= 0.3 is 6.18 Å². The standard InChI is InChI=1S/C9H8F5N/c10-8(11)7(15)5-2-1-3-6(4-5)9(12,13)14/h1-4,7-8H,15H2/t7-/m0/s1. The van der Waals surface area contributed by atoms with E-state index in [1.807, 2.05) is 0 Å². The van der Waals surface area contributed by atoms with E-state index in [0.29, 0.717) is 6.07 Å². The molecule has 1 nitrogen and oxygen atoms in total. The third-order valence-electron chi connectivity index (χ3n) is 1.87. The van der Waals surface area contributed by atoms with Crippen molar-refractivity contribution in [1.29, 1.82) is 0 Å². The minimum atomic E-state index is -4.54. The number of alkyl halides is 5. The summed E-state index contributed by atoms with van der Waals surface area (Å²) < 4.78 is 60.9. The highest BCUT2D eigenvalue weighted by molar-refractivity contribution is 5.28. The first-order valence-corrected chi connectivity index (χ1v) is 4.03. The molecule has 84 valence electrons. The summed E-state index contributed by atoms with van der Waals surface area (Å²) in [7, 11) is 0. The van der Waals surface area contributed by atoms with E-state index < -0.39 is 24.2 Å². The van der Waals surface area contributed by atoms with Gasteiger partial charge in [-0.1, -0.05) is 12.1 Å². The van der Waals surface area contributed by atoms with Crippen LogP contribution in [0.2, 0.25) is 0 Å². The molecule has 0 saturated heterocycles. The van der Waals surface area contributed by atoms with Gasteiger partial charge in [-0.15, -0.1) is 0 Å². The van der Waals surface area contributed by atoms with Crippen LogP contribution in [0.5, 0.6) is 0 Å². The average molecular weight is 225 g/mol. The summed E-state index contributed by atoms with van der Waals surface area (Å²) in [5, 5.41) is 0. The third kappa shape index (κ3) is 2.89. The molecule has 0 aliphatic rings. The number of hydrogen-bond donors (Lipinski definition) is 1. The second-order valence-corrected chi connectivity index (χ2v) is 2.98. The van der Waals surface area contributed by atoms with E-state index in [-0.39, 0.29) is 5.56 Å². The van der Waals surface area contributed by atoms with E-state index >= 15 is 0 Å². The largest absolute Gasteiger partial charge is 0.416 e. The molecule has 0 bridgehead atoms. The second kappa shape index (κ2) is 4.14. The first kappa shape index (κ1) is 11.9. The predicted octanol–water partition coefficient (Wildman–Crippen LogP) is 2.97. The quantitative estimate of drug-likeness (QED) is 0.769. The van der Waals surface area contributed by atoms with Gasteiger partial charge in [0.1, 0.15) is 0 Å². The Balaban J connectivity index is 3.03. The summed E-state index contributed by atoms with van der Waals surface area (Å²) in [5.74, 6) is 0. The predicted molar refractivity (Wildman–Crippen MR) is 44.4 cm³/mol. The summed E-state index contributed by atoms with van der Waals surface area (Å²) >= 11 is 0. The van der Waals surface area contributed by atoms with Gasteiger partial charge in [0.05, 0.1) is 11.6 Å². The van der Waals surface area contributed by atoms with Crippen molar-refractivity contribution in [2.75, 3.05) is 0 Å². The number of benzene rings is 1. The van der Waals surface area contributed by atoms with Gasteiger partial charge in [-0.3, -0.25) is 0 Å². The monoisotopic (exact) mass is 225 g/mol. The molecule has 2 N–H and O–H groups in total. The average Bonchev–Trinajstić information content (AvgIpc) is 2.15. The Labute approximate surface area is 82.7 Å². The van der Waals surface area contributed by atoms with E-state index in [1.54, 1.807) is 0 Å². The molecule has 0 heterocycles. The number of hydrogen-bond acceptors (Lipinski definition) is 1. The van der Waals surface area contributed by atoms with Crippen molar-refractivity contribution in [3.63, 3.8) is 0 Å². The van der Waals surface area contributed by atoms with Crippen LogP contribution in [0.4, 0.5) is 22.0 Å². The minimum absolute atomic E-state index is 0.222. The van der Waals surface area contributed by atoms with Crippen molar-refractivity contribution in [2.45, 2.75) is 18.6 Å². The normalized spacial score (nSPS) is 14.3. The van der Waals surface area contributed by atoms with E-state index in [4.69, 9.17) is 5.73 Å². The highest BCUT2D eigenvalue weighted by atomic mass is 19.4. The van der Waals surface area contributed by atoms with Crippen molar-refractivity contribution >= 4 is 0 Å². The lowest BCUT2D eigenvalue weighted by Crippen LogP contribution is -2.19. The molecular weight excluding hydrogens is 217 g/mol. The Morgan fingerprint density at radius 2 is 1.73 bits per heavy atom. The smallest absolute Gasteiger partial charge is 0.319 e. The molecule has 0 aliphatic heterocycles. The molecule has 1 atom stereocenters. The lowest BCUT2D eigenvalue weighted by atomic mass is 10.0. The molecule has 0 aliphatic carbocycles. The van der Waals surface area contributed by atoms with Crippen LogP contribution in [-0.4, -0.2) is 6.43 Å². The van der Waals surface area contributed by atoms with Crippen LogP contribution in [0.1, 0.15) is 17.2 Å². The van der Waals surface area contributed by atoms with Crippen molar-refractivity contribution in [2.24, 2.45) is 5.73 Å². The lowest BCUT2D eigenvalue weighted by Gasteiger charge is -2.13. The minimum Gasteiger partial charge on any atom is -0.319 e. The molecule has 15 heavy (non-hydrogen) atoms. The number of nitrogens with two attached hydrogens (primary N) is 1. The molecule has 0 amide bonds. The molecule has 1 rings (SSSR count). The topological polar surface area (TPSA) is 26.0 Å². The van der Waals surface area contributed by atoms with Crippen molar-refractivity contribution < 1.29 is 22.0 Å². The van der Waals surface area contributed by atoms with Crippen LogP contribution in [0.3, 0.4) is 0 Å². The zero-order valence-corrected chi connectivity index (χ0v) is 7.43. The van der Waals surface area contributed by atoms with Gasteiger partial charge in [0.25, 0.3) is 6.43 Å². The van der Waals surface area contributed by atoms with Crippen LogP contribution in [0.25, 0.3) is 0 Å². The molecule has 0 spiro atoms. The SMILES string of the molecule is N[C@@H](c1cccc(C(F)(F)F)c1)C(F)F. The Morgan fingerprint density at radius 3 is 2.20 bits per heavy atom. The van der Waals surface area contributed by atoms with Crippen molar-refractivity contribution in [3.8, 4) is 0 Å². The molecule has 0 saturated carbocycles. The van der Waals surface area contributed by atoms with Gasteiger partial charge in [-0.05, 0) is 17.7 Å². The molecule has 6 heteroatoms. The Bertz CT molecular complexity index is 334. The summed E-state index contributed by atoms with van der Waals surface area (Å²) in [6, 6.07) is 1.96. The molecule has 1 aromatic carbocycles. The molecule has 1 aromatic rings. The highest BCUT2D eigenvalue weighted by Crippen LogP contribution is 2.31. The second-order valence-electron chi connectivity index (χ2n) is 2.98. The molecule has 0 aromatic heterocycles. The maximum Gasteiger partial charge on any atom is 0.416 e. The fourth-order valence-electron chi connectivity index (χ4n) is 1.07. The van der Waals surface area contributed by atoms with Crippen LogP contribution in [-0.2, 0) is 6.18 Å². The lowest BCUT2D eigenvalue weighted by molar-refractivity contribution is -0.137. The molecule has 0 radical (unpaired) electrons. The maximum absolute atomic E-state index is 12.2. The van der Waals surface area contributed by atoms with Crippen LogP contribution >= 0.6 is 0 Å². The van der Waals surface area contributed by atoms with Gasteiger partial charge in [-0.2, -0.15) is 13.2 Å². The maximum atomic E-state index is 12.2. The van der Waals surface area contributed by atoms with Gasteiger partial charge in [0, 0.05) is 0 Å². The van der Waals surface area contributed by atoms with E-state index in [2.05, 4.69) is 0 Å². The fourth-order valence-corrected chi connectivity index (χ4v) is 1.07. The van der Waals surface area contributed by atoms with Gasteiger partial charge in [-0.25, -0.2) is 8.78 Å². The number of rotatable bonds is 2. The fraction of sp³-hybridized carbons (Fsp3) is 0.333. The molecule has 0 unspecified atom stereocenters. The van der Waals surface area contributed by atoms with Crippen LogP contribution in [0.15, 0.2) is 24.3 Å². The summed E-state index contributed by atoms with van der Waals surface area (Å²) in [5.41, 5.74) is 3.83. The Kier molecular flexibility index (Phi) is 3.28. The Morgan fingerprint density at radius 1 is 1.13 bits per heavy atom. The van der Waals surface area contributed by atoms with E-state index in [9.17, 15) is 22.0 Å². The van der Waals surface area contributed by atoms with E-state index in [0.717, 1.165) is 18.2 Å². The van der Waals surface area contributed by atoms with Crippen molar-refractivity contribution in [1.82, 2.24) is 0 Å². The van der Waals surface area contributed by atoms with Crippen molar-refractivity contribution in [3.05, 3.63) is 35.4 Å². The summed E-state index contributed by atoms with van der Waals surface area (Å²) in [6.45, 7) is 0. The zero-order chi connectivity index (χ0) is 11.6. The van der Waals surface area contributed by atoms with Crippen LogP contribution in [0, 0.1) is 0 Å². The summed E-state index contributed by atoms with van der Waals surface area (Å²) in [6.07, 6.45) is -7.42. The zero-order valence-electron chi connectivity index (χ0n) is 7.43. The van der Waals surface area contributed by atoms with Gasteiger partial charge in [0.2, 0.25) is 0 Å². The first-order valence-electron chi connectivity index (χ1n) is 4.03. The first-order chi connectivity index (χ1) is 6.82. The number of halogens is 5. The van der Waals surface area contributed by atoms with Gasteiger partial charge < -0.3 is 5.73 Å². The molecule has 0 fully saturated rings. The molecular formula is C9H8F5N. The van der Waals surface area contributed by atoms with Crippen LogP contribution < -0.4 is 5.73 Å². The summed E-state index contributed by atoms with van der Waals surface area (Å²) in [4.78, 5) is 0. The Hall–Kier alpha value is -1.17. The highest BCUT2D eigenvalue weighted by Gasteiger charge is 2.31. The van der Waals surface area contributed by atoms with Gasteiger partial charge in [0.15, 0.2) is 0 Å².